The molecule has 1 unspecified atom stereocenters. The summed E-state index contributed by atoms with van der Waals surface area (Å²) in [5.74, 6) is 0. The molecule has 2 fully saturated rings. The quantitative estimate of drug-likeness (QED) is 0.843. The van der Waals surface area contributed by atoms with Gasteiger partial charge in [-0.3, -0.25) is 4.90 Å². The Morgan fingerprint density at radius 1 is 1.19 bits per heavy atom. The van der Waals surface area contributed by atoms with Gasteiger partial charge in [0.25, 0.3) is 0 Å². The number of nitrogens with zero attached hydrogens (tertiary/aromatic N) is 1. The first-order valence-electron chi connectivity index (χ1n) is 8.73. The SMILES string of the molecule is CCNC(C1=COCCC1)C1(N2CCOCC2)CCCC1. The first-order chi connectivity index (χ1) is 10.4. The first-order valence-corrected chi connectivity index (χ1v) is 8.73. The van der Waals surface area contributed by atoms with Crippen LogP contribution in [-0.2, 0) is 9.47 Å². The lowest BCUT2D eigenvalue weighted by molar-refractivity contribution is -0.0319. The third kappa shape index (κ3) is 3.13. The van der Waals surface area contributed by atoms with Gasteiger partial charge in [0.1, 0.15) is 0 Å². The lowest BCUT2D eigenvalue weighted by Crippen LogP contribution is -2.63. The van der Waals surface area contributed by atoms with E-state index in [4.69, 9.17) is 9.47 Å². The molecule has 2 aliphatic heterocycles. The standard InChI is InChI=1S/C17H30N2O2/c1-2-18-16(15-6-5-11-21-14-15)17(7-3-4-8-17)19-9-12-20-13-10-19/h14,16,18H,2-13H2,1H3. The molecular weight excluding hydrogens is 264 g/mol. The highest BCUT2D eigenvalue weighted by atomic mass is 16.5. The molecule has 4 heteroatoms. The van der Waals surface area contributed by atoms with E-state index in [0.29, 0.717) is 6.04 Å². The molecule has 1 N–H and O–H groups in total. The number of nitrogens with one attached hydrogen (secondary N) is 1. The molecular formula is C17H30N2O2. The second kappa shape index (κ2) is 7.12. The highest BCUT2D eigenvalue weighted by Gasteiger charge is 2.47. The van der Waals surface area contributed by atoms with Crippen molar-refractivity contribution >= 4 is 0 Å². The molecule has 0 aromatic heterocycles. The number of rotatable bonds is 5. The Labute approximate surface area is 128 Å². The fraction of sp³-hybridized carbons (Fsp3) is 0.882. The summed E-state index contributed by atoms with van der Waals surface area (Å²) in [5, 5.41) is 3.80. The number of hydrogen-bond acceptors (Lipinski definition) is 4. The van der Waals surface area contributed by atoms with Crippen LogP contribution in [0, 0.1) is 0 Å². The van der Waals surface area contributed by atoms with Gasteiger partial charge in [0.05, 0.1) is 26.1 Å². The number of ether oxygens (including phenoxy) is 2. The molecule has 0 radical (unpaired) electrons. The maximum Gasteiger partial charge on any atom is 0.0876 e. The molecule has 21 heavy (non-hydrogen) atoms. The fourth-order valence-electron chi connectivity index (χ4n) is 4.45. The van der Waals surface area contributed by atoms with Gasteiger partial charge in [0, 0.05) is 24.7 Å². The molecule has 3 rings (SSSR count). The molecule has 0 spiro atoms. The van der Waals surface area contributed by atoms with Gasteiger partial charge in [0.15, 0.2) is 0 Å². The molecule has 1 saturated carbocycles. The van der Waals surface area contributed by atoms with Crippen molar-refractivity contribution in [3.63, 3.8) is 0 Å². The highest BCUT2D eigenvalue weighted by Crippen LogP contribution is 2.42. The van der Waals surface area contributed by atoms with Gasteiger partial charge in [-0.2, -0.15) is 0 Å². The maximum absolute atomic E-state index is 5.66. The summed E-state index contributed by atoms with van der Waals surface area (Å²) < 4.78 is 11.2. The lowest BCUT2D eigenvalue weighted by Gasteiger charge is -2.49. The topological polar surface area (TPSA) is 33.7 Å². The van der Waals surface area contributed by atoms with Crippen molar-refractivity contribution in [3.05, 3.63) is 11.8 Å². The Morgan fingerprint density at radius 3 is 2.57 bits per heavy atom. The van der Waals surface area contributed by atoms with E-state index in [2.05, 4.69) is 23.4 Å². The normalized spacial score (nSPS) is 28.0. The first kappa shape index (κ1) is 15.3. The monoisotopic (exact) mass is 294 g/mol. The zero-order chi connectivity index (χ0) is 14.5. The van der Waals surface area contributed by atoms with Crippen LogP contribution < -0.4 is 5.32 Å². The summed E-state index contributed by atoms with van der Waals surface area (Å²) >= 11 is 0. The third-order valence-electron chi connectivity index (χ3n) is 5.39. The van der Waals surface area contributed by atoms with Crippen molar-refractivity contribution < 1.29 is 9.47 Å². The molecule has 4 nitrogen and oxygen atoms in total. The Morgan fingerprint density at radius 2 is 1.95 bits per heavy atom. The molecule has 0 bridgehead atoms. The van der Waals surface area contributed by atoms with Crippen LogP contribution in [0.2, 0.25) is 0 Å². The summed E-state index contributed by atoms with van der Waals surface area (Å²) in [5.41, 5.74) is 1.77. The Kier molecular flexibility index (Phi) is 5.19. The molecule has 0 aromatic rings. The van der Waals surface area contributed by atoms with Crippen LogP contribution in [0.25, 0.3) is 0 Å². The zero-order valence-electron chi connectivity index (χ0n) is 13.4. The summed E-state index contributed by atoms with van der Waals surface area (Å²) in [6, 6.07) is 0.448. The molecule has 2 heterocycles. The summed E-state index contributed by atoms with van der Waals surface area (Å²) in [7, 11) is 0. The molecule has 1 saturated heterocycles. The minimum absolute atomic E-state index is 0.284. The predicted molar refractivity (Wildman–Crippen MR) is 84.3 cm³/mol. The van der Waals surface area contributed by atoms with Crippen molar-refractivity contribution in [2.75, 3.05) is 39.5 Å². The molecule has 120 valence electrons. The summed E-state index contributed by atoms with van der Waals surface area (Å²) in [4.78, 5) is 2.71. The Bertz CT molecular complexity index is 358. The lowest BCUT2D eigenvalue weighted by atomic mass is 9.80. The van der Waals surface area contributed by atoms with Crippen LogP contribution in [0.3, 0.4) is 0 Å². The van der Waals surface area contributed by atoms with Gasteiger partial charge in [-0.05, 0) is 37.8 Å². The smallest absolute Gasteiger partial charge is 0.0876 e. The van der Waals surface area contributed by atoms with E-state index in [1.54, 1.807) is 0 Å². The van der Waals surface area contributed by atoms with E-state index >= 15 is 0 Å². The van der Waals surface area contributed by atoms with E-state index in [0.717, 1.165) is 45.9 Å². The van der Waals surface area contributed by atoms with Crippen molar-refractivity contribution in [3.8, 4) is 0 Å². The van der Waals surface area contributed by atoms with Gasteiger partial charge >= 0.3 is 0 Å². The number of likely N-dealkylation sites (N-methyl/N-ethyl adjacent to an activating group) is 1. The van der Waals surface area contributed by atoms with E-state index in [9.17, 15) is 0 Å². The zero-order valence-corrected chi connectivity index (χ0v) is 13.4. The van der Waals surface area contributed by atoms with Crippen LogP contribution in [-0.4, -0.2) is 55.9 Å². The van der Waals surface area contributed by atoms with Crippen molar-refractivity contribution in [1.82, 2.24) is 10.2 Å². The number of morpholine rings is 1. The molecule has 0 amide bonds. The average molecular weight is 294 g/mol. The third-order valence-corrected chi connectivity index (χ3v) is 5.39. The van der Waals surface area contributed by atoms with Gasteiger partial charge in [-0.25, -0.2) is 0 Å². The minimum atomic E-state index is 0.284. The largest absolute Gasteiger partial charge is 0.501 e. The number of hydrogen-bond donors (Lipinski definition) is 1. The molecule has 1 atom stereocenters. The van der Waals surface area contributed by atoms with E-state index in [1.165, 1.54) is 37.7 Å². The second-order valence-electron chi connectivity index (χ2n) is 6.57. The Hall–Kier alpha value is -0.580. The molecule has 1 aliphatic carbocycles. The van der Waals surface area contributed by atoms with E-state index in [-0.39, 0.29) is 5.54 Å². The molecule has 0 aromatic carbocycles. The Balaban J connectivity index is 1.86. The van der Waals surface area contributed by atoms with Crippen molar-refractivity contribution in [1.29, 1.82) is 0 Å². The van der Waals surface area contributed by atoms with Crippen LogP contribution in [0.1, 0.15) is 45.4 Å². The highest BCUT2D eigenvalue weighted by molar-refractivity contribution is 5.21. The second-order valence-corrected chi connectivity index (χ2v) is 6.57. The summed E-state index contributed by atoms with van der Waals surface area (Å²) in [6.07, 6.45) is 9.72. The predicted octanol–water partition coefficient (Wildman–Crippen LogP) is 2.30. The van der Waals surface area contributed by atoms with Gasteiger partial charge in [0.2, 0.25) is 0 Å². The van der Waals surface area contributed by atoms with E-state index in [1.807, 2.05) is 0 Å². The van der Waals surface area contributed by atoms with E-state index < -0.39 is 0 Å². The van der Waals surface area contributed by atoms with Gasteiger partial charge < -0.3 is 14.8 Å². The van der Waals surface area contributed by atoms with Gasteiger partial charge in [-0.1, -0.05) is 19.8 Å². The van der Waals surface area contributed by atoms with Crippen LogP contribution in [0.4, 0.5) is 0 Å². The molecule has 3 aliphatic rings. The minimum Gasteiger partial charge on any atom is -0.501 e. The fourth-order valence-corrected chi connectivity index (χ4v) is 4.45. The van der Waals surface area contributed by atoms with Crippen LogP contribution in [0.5, 0.6) is 0 Å². The van der Waals surface area contributed by atoms with Crippen molar-refractivity contribution in [2.45, 2.75) is 57.0 Å². The maximum atomic E-state index is 5.66. The average Bonchev–Trinajstić information content (AvgIpc) is 3.05. The van der Waals surface area contributed by atoms with Gasteiger partial charge in [-0.15, -0.1) is 0 Å². The van der Waals surface area contributed by atoms with Crippen LogP contribution >= 0.6 is 0 Å². The van der Waals surface area contributed by atoms with Crippen LogP contribution in [0.15, 0.2) is 11.8 Å². The summed E-state index contributed by atoms with van der Waals surface area (Å²) in [6.45, 7) is 8.05. The van der Waals surface area contributed by atoms with Crippen molar-refractivity contribution in [2.24, 2.45) is 0 Å².